The normalized spacial score (nSPS) is 22.6. The van der Waals surface area contributed by atoms with Crippen molar-refractivity contribution in [2.75, 3.05) is 33.4 Å². The molecule has 1 saturated heterocycles. The van der Waals surface area contributed by atoms with Crippen LogP contribution in [-0.4, -0.2) is 113 Å². The summed E-state index contributed by atoms with van der Waals surface area (Å²) < 4.78 is 15.2. The van der Waals surface area contributed by atoms with Gasteiger partial charge in [-0.3, -0.25) is 9.80 Å². The third kappa shape index (κ3) is 19.5. The number of amides is 2. The van der Waals surface area contributed by atoms with Crippen molar-refractivity contribution in [3.8, 4) is 0 Å². The molecule has 13 nitrogen and oxygen atoms in total. The molecule has 0 bridgehead atoms. The van der Waals surface area contributed by atoms with Crippen molar-refractivity contribution in [3.05, 3.63) is 24.6 Å². The quantitative estimate of drug-likeness (QED) is 0.408. The summed E-state index contributed by atoms with van der Waals surface area (Å²) in [4.78, 5) is 49.0. The second-order valence-corrected chi connectivity index (χ2v) is 15.5. The van der Waals surface area contributed by atoms with E-state index in [1.807, 2.05) is 0 Å². The number of carbonyl (C=O) groups is 4. The van der Waals surface area contributed by atoms with Gasteiger partial charge in [0.1, 0.15) is 17.2 Å². The molecule has 0 aromatic heterocycles. The fraction of sp³-hybridized carbons (Fsp3) is 0.784. The number of aliphatic carboxylic acids is 2. The molecule has 2 saturated carbocycles. The van der Waals surface area contributed by atoms with Gasteiger partial charge in [0.05, 0.1) is 25.2 Å². The van der Waals surface area contributed by atoms with E-state index in [2.05, 4.69) is 17.3 Å². The Morgan fingerprint density at radius 2 is 1.12 bits per heavy atom. The number of morpholine rings is 1. The molecule has 0 radical (unpaired) electrons. The molecule has 2 N–H and O–H groups in total. The van der Waals surface area contributed by atoms with Gasteiger partial charge < -0.3 is 39.4 Å². The zero-order chi connectivity index (χ0) is 37.3. The average Bonchev–Trinajstić information content (AvgIpc) is 3.73. The molecule has 3 heterocycles. The van der Waals surface area contributed by atoms with Gasteiger partial charge in [0.2, 0.25) is 0 Å². The van der Waals surface area contributed by atoms with E-state index >= 15 is 0 Å². The van der Waals surface area contributed by atoms with Crippen molar-refractivity contribution < 1.29 is 73.2 Å². The molecule has 2 amide bonds. The third-order valence-electron chi connectivity index (χ3n) is 8.60. The van der Waals surface area contributed by atoms with Crippen LogP contribution in [-0.2, 0) is 23.8 Å². The Hall–Kier alpha value is -2.16. The fourth-order valence-electron chi connectivity index (χ4n) is 6.00. The van der Waals surface area contributed by atoms with Crippen LogP contribution in [0.4, 0.5) is 9.59 Å². The minimum absolute atomic E-state index is 0. The third-order valence-corrected chi connectivity index (χ3v) is 8.60. The molecule has 14 heteroatoms. The minimum atomic E-state index is -1.27. The van der Waals surface area contributed by atoms with Gasteiger partial charge in [-0.2, -0.15) is 0 Å². The van der Waals surface area contributed by atoms with E-state index in [1.54, 1.807) is 53.7 Å². The van der Waals surface area contributed by atoms with Gasteiger partial charge in [-0.15, -0.1) is 0 Å². The van der Waals surface area contributed by atoms with E-state index in [0.29, 0.717) is 6.42 Å². The van der Waals surface area contributed by atoms with Crippen LogP contribution in [0.2, 0.25) is 0 Å². The fourth-order valence-corrected chi connectivity index (χ4v) is 6.00. The molecule has 0 unspecified atom stereocenters. The number of carboxylic acids is 2. The SMILES string of the molecule is C1CCC(NC2CCCCC2)CC1.CC(C)(C)OC(=O)N1C=CC[C@H]1C(=O)O.CC(C)(C)OC(=O)N1C=CC[C@H]1C(=O)[O-].CN1CCOCC1.[Na+]. The summed E-state index contributed by atoms with van der Waals surface area (Å²) in [5, 5.41) is 23.4. The Morgan fingerprint density at radius 3 is 1.45 bits per heavy atom. The Bertz CT molecular complexity index is 1040. The van der Waals surface area contributed by atoms with Crippen LogP contribution in [0.1, 0.15) is 119 Å². The molecule has 51 heavy (non-hydrogen) atoms. The Morgan fingerprint density at radius 1 is 0.725 bits per heavy atom. The molecular formula is C37H63N4NaO9. The molecule has 0 aromatic rings. The van der Waals surface area contributed by atoms with Crippen molar-refractivity contribution in [1.82, 2.24) is 20.0 Å². The van der Waals surface area contributed by atoms with Crippen LogP contribution < -0.4 is 40.0 Å². The number of carboxylic acid groups (broad SMARTS) is 2. The molecule has 286 valence electrons. The van der Waals surface area contributed by atoms with E-state index in [9.17, 15) is 24.3 Å². The van der Waals surface area contributed by atoms with Crippen molar-refractivity contribution in [3.63, 3.8) is 0 Å². The molecule has 5 rings (SSSR count). The molecule has 2 aliphatic carbocycles. The molecule has 3 aliphatic heterocycles. The topological polar surface area (TPSA) is 161 Å². The van der Waals surface area contributed by atoms with Crippen LogP contribution >= 0.6 is 0 Å². The van der Waals surface area contributed by atoms with Crippen LogP contribution in [0.15, 0.2) is 24.6 Å². The standard InChI is InChI=1S/C12H23N.2C10H15NO4.C5H11NO.Na/c1-3-7-11(8-4-1)13-12-9-5-2-6-10-12;2*1-10(2,3)15-9(14)11-6-4-5-7(11)8(12)13;1-6-2-4-7-5-3-6;/h11-13H,1-10H2;2*4,6-7H,5H2,1-3H3,(H,12,13);2-5H2,1H3;/q;;;;+1/p-1/t;2*7-;;/m.00../s1. The summed E-state index contributed by atoms with van der Waals surface area (Å²) in [7, 11) is 2.11. The van der Waals surface area contributed by atoms with Gasteiger partial charge in [0.15, 0.2) is 0 Å². The first-order valence-electron chi connectivity index (χ1n) is 18.3. The summed E-state index contributed by atoms with van der Waals surface area (Å²) in [6, 6.07) is -0.0339. The maximum atomic E-state index is 11.6. The van der Waals surface area contributed by atoms with Gasteiger partial charge in [-0.1, -0.05) is 50.7 Å². The van der Waals surface area contributed by atoms with Crippen LogP contribution in [0.5, 0.6) is 0 Å². The number of carbonyl (C=O) groups excluding carboxylic acids is 3. The number of nitrogens with zero attached hydrogens (tertiary/aromatic N) is 3. The van der Waals surface area contributed by atoms with Gasteiger partial charge >= 0.3 is 47.7 Å². The second-order valence-electron chi connectivity index (χ2n) is 15.5. The van der Waals surface area contributed by atoms with Crippen LogP contribution in [0, 0.1) is 0 Å². The van der Waals surface area contributed by atoms with E-state index < -0.39 is 47.4 Å². The number of likely N-dealkylation sites (N-methyl/N-ethyl adjacent to an activating group) is 1. The summed E-state index contributed by atoms with van der Waals surface area (Å²) in [6.45, 7) is 14.4. The molecule has 2 atom stereocenters. The monoisotopic (exact) mass is 730 g/mol. The van der Waals surface area contributed by atoms with Crippen molar-refractivity contribution in [1.29, 1.82) is 0 Å². The van der Waals surface area contributed by atoms with E-state index in [1.165, 1.54) is 76.6 Å². The van der Waals surface area contributed by atoms with Crippen LogP contribution in [0.25, 0.3) is 0 Å². The maximum Gasteiger partial charge on any atom is 1.00 e. The molecule has 3 fully saturated rings. The van der Waals surface area contributed by atoms with Gasteiger partial charge in [0, 0.05) is 37.6 Å². The first kappa shape index (κ1) is 46.9. The zero-order valence-corrected chi connectivity index (χ0v) is 34.5. The summed E-state index contributed by atoms with van der Waals surface area (Å²) in [6.07, 6.45) is 20.0. The van der Waals surface area contributed by atoms with Gasteiger partial charge in [0.25, 0.3) is 0 Å². The number of hydrogen-bond donors (Lipinski definition) is 2. The first-order valence-corrected chi connectivity index (χ1v) is 18.3. The molecule has 0 aromatic carbocycles. The molecule has 0 spiro atoms. The maximum absolute atomic E-state index is 11.6. The summed E-state index contributed by atoms with van der Waals surface area (Å²) in [5.41, 5.74) is -1.25. The first-order chi connectivity index (χ1) is 23.5. The average molecular weight is 731 g/mol. The predicted octanol–water partition coefficient (Wildman–Crippen LogP) is 2.05. The summed E-state index contributed by atoms with van der Waals surface area (Å²) >= 11 is 0. The summed E-state index contributed by atoms with van der Waals surface area (Å²) in [5.74, 6) is -2.29. The number of rotatable bonds is 4. The van der Waals surface area contributed by atoms with E-state index in [0.717, 1.165) is 48.2 Å². The number of nitrogens with one attached hydrogen (secondary N) is 1. The Labute approximate surface area is 327 Å². The van der Waals surface area contributed by atoms with Crippen molar-refractivity contribution in [2.45, 2.75) is 154 Å². The van der Waals surface area contributed by atoms with Gasteiger partial charge in [-0.05, 0) is 87.1 Å². The van der Waals surface area contributed by atoms with Crippen molar-refractivity contribution in [2.24, 2.45) is 0 Å². The molecular weight excluding hydrogens is 667 g/mol. The smallest absolute Gasteiger partial charge is 0.548 e. The minimum Gasteiger partial charge on any atom is -0.548 e. The Balaban J connectivity index is 0.000000347. The van der Waals surface area contributed by atoms with Crippen LogP contribution in [0.3, 0.4) is 0 Å². The van der Waals surface area contributed by atoms with E-state index in [-0.39, 0.29) is 36.0 Å². The largest absolute Gasteiger partial charge is 1.00 e. The van der Waals surface area contributed by atoms with Gasteiger partial charge in [-0.25, -0.2) is 14.4 Å². The molecule has 5 aliphatic rings. The van der Waals surface area contributed by atoms with E-state index in [4.69, 9.17) is 19.3 Å². The second kappa shape index (κ2) is 23.5. The Kier molecular flexibility index (Phi) is 21.6. The zero-order valence-electron chi connectivity index (χ0n) is 32.5. The number of ether oxygens (including phenoxy) is 3. The number of hydrogen-bond acceptors (Lipinski definition) is 10. The van der Waals surface area contributed by atoms with Crippen molar-refractivity contribution >= 4 is 24.1 Å². The predicted molar refractivity (Wildman–Crippen MR) is 189 cm³/mol.